The monoisotopic (exact) mass is 280 g/mol. The number of carbonyl (C=O) groups excluding carboxylic acids is 1. The van der Waals surface area contributed by atoms with Crippen LogP contribution in [-0.4, -0.2) is 42.7 Å². The molecule has 0 radical (unpaired) electrons. The van der Waals surface area contributed by atoms with Crippen LogP contribution in [0.4, 0.5) is 0 Å². The molecule has 6 heteroatoms. The van der Waals surface area contributed by atoms with Crippen LogP contribution in [0.15, 0.2) is 12.4 Å². The van der Waals surface area contributed by atoms with E-state index in [1.54, 1.807) is 19.5 Å². The summed E-state index contributed by atoms with van der Waals surface area (Å²) in [6, 6.07) is -0.0684. The third-order valence-electron chi connectivity index (χ3n) is 4.03. The number of aromatic nitrogens is 2. The van der Waals surface area contributed by atoms with Gasteiger partial charge in [-0.2, -0.15) is 0 Å². The highest BCUT2D eigenvalue weighted by Crippen LogP contribution is 2.30. The Kier molecular flexibility index (Phi) is 5.14. The zero-order chi connectivity index (χ0) is 14.4. The van der Waals surface area contributed by atoms with Crippen LogP contribution >= 0.6 is 0 Å². The first-order valence-electron chi connectivity index (χ1n) is 7.22. The van der Waals surface area contributed by atoms with Crippen LogP contribution in [0.1, 0.15) is 38.1 Å². The molecule has 2 rings (SSSR count). The summed E-state index contributed by atoms with van der Waals surface area (Å²) < 4.78 is 5.30. The Morgan fingerprint density at radius 2 is 2.30 bits per heavy atom. The molecule has 0 aliphatic carbocycles. The number of methoxy groups -OCH3 is 1. The van der Waals surface area contributed by atoms with Crippen molar-refractivity contribution in [2.24, 2.45) is 5.41 Å². The average Bonchev–Trinajstić information content (AvgIpc) is 2.99. The summed E-state index contributed by atoms with van der Waals surface area (Å²) in [5.74, 6) is 0.881. The van der Waals surface area contributed by atoms with Crippen LogP contribution in [-0.2, 0) is 9.53 Å². The molecule has 1 aliphatic heterocycles. The Labute approximate surface area is 119 Å². The molecule has 2 heterocycles. The van der Waals surface area contributed by atoms with Gasteiger partial charge in [0.1, 0.15) is 5.82 Å². The number of hydrogen-bond donors (Lipinski definition) is 3. The number of ether oxygens (including phenoxy) is 1. The fourth-order valence-electron chi connectivity index (χ4n) is 2.76. The lowest BCUT2D eigenvalue weighted by atomic mass is 9.78. The summed E-state index contributed by atoms with van der Waals surface area (Å²) in [7, 11) is 1.65. The molecule has 1 saturated heterocycles. The molecule has 1 aromatic rings. The zero-order valence-electron chi connectivity index (χ0n) is 12.2. The molecular weight excluding hydrogens is 256 g/mol. The summed E-state index contributed by atoms with van der Waals surface area (Å²) in [6.45, 7) is 4.22. The normalized spacial score (nSPS) is 19.5. The fourth-order valence-corrected chi connectivity index (χ4v) is 2.76. The summed E-state index contributed by atoms with van der Waals surface area (Å²) in [5.41, 5.74) is -0.417. The molecule has 1 aliphatic rings. The second-order valence-electron chi connectivity index (χ2n) is 5.37. The molecule has 0 bridgehead atoms. The molecule has 1 atom stereocenters. The highest BCUT2D eigenvalue weighted by atomic mass is 16.5. The van der Waals surface area contributed by atoms with Gasteiger partial charge in [-0.1, -0.05) is 6.92 Å². The summed E-state index contributed by atoms with van der Waals surface area (Å²) >= 11 is 0. The van der Waals surface area contributed by atoms with Gasteiger partial charge < -0.3 is 20.4 Å². The minimum absolute atomic E-state index is 0.0684. The number of nitrogens with zero attached hydrogens (tertiary/aromatic N) is 1. The van der Waals surface area contributed by atoms with E-state index in [0.717, 1.165) is 38.2 Å². The Hall–Kier alpha value is -1.40. The summed E-state index contributed by atoms with van der Waals surface area (Å²) in [5, 5.41) is 6.42. The van der Waals surface area contributed by atoms with Gasteiger partial charge in [-0.15, -0.1) is 0 Å². The van der Waals surface area contributed by atoms with E-state index < -0.39 is 5.41 Å². The van der Waals surface area contributed by atoms with E-state index in [1.165, 1.54) is 0 Å². The predicted octanol–water partition coefficient (Wildman–Crippen LogP) is 0.993. The first-order valence-corrected chi connectivity index (χ1v) is 7.22. The topological polar surface area (TPSA) is 79.0 Å². The number of imidazole rings is 1. The van der Waals surface area contributed by atoms with E-state index in [2.05, 4.69) is 20.6 Å². The second-order valence-corrected chi connectivity index (χ2v) is 5.37. The largest absolute Gasteiger partial charge is 0.384 e. The summed E-state index contributed by atoms with van der Waals surface area (Å²) in [6.07, 6.45) is 5.91. The number of rotatable bonds is 6. The predicted molar refractivity (Wildman–Crippen MR) is 76.2 cm³/mol. The number of piperidine rings is 1. The van der Waals surface area contributed by atoms with Crippen molar-refractivity contribution >= 4 is 5.91 Å². The molecule has 20 heavy (non-hydrogen) atoms. The molecule has 112 valence electrons. The van der Waals surface area contributed by atoms with Gasteiger partial charge in [-0.25, -0.2) is 4.98 Å². The molecule has 6 nitrogen and oxygen atoms in total. The number of aromatic amines is 1. The van der Waals surface area contributed by atoms with Crippen molar-refractivity contribution in [1.29, 1.82) is 0 Å². The quantitative estimate of drug-likeness (QED) is 0.726. The maximum absolute atomic E-state index is 12.7. The minimum atomic E-state index is -0.417. The van der Waals surface area contributed by atoms with E-state index >= 15 is 0 Å². The van der Waals surface area contributed by atoms with Crippen LogP contribution in [0, 0.1) is 5.41 Å². The maximum atomic E-state index is 12.7. The van der Waals surface area contributed by atoms with Crippen molar-refractivity contribution in [2.45, 2.75) is 32.2 Å². The van der Waals surface area contributed by atoms with Crippen LogP contribution in [0.3, 0.4) is 0 Å². The van der Waals surface area contributed by atoms with Gasteiger partial charge in [-0.05, 0) is 32.4 Å². The van der Waals surface area contributed by atoms with Crippen molar-refractivity contribution in [3.8, 4) is 0 Å². The lowest BCUT2D eigenvalue weighted by molar-refractivity contribution is -0.137. The van der Waals surface area contributed by atoms with Crippen LogP contribution < -0.4 is 10.6 Å². The maximum Gasteiger partial charge on any atom is 0.229 e. The fraction of sp³-hybridized carbons (Fsp3) is 0.714. The smallest absolute Gasteiger partial charge is 0.229 e. The van der Waals surface area contributed by atoms with E-state index in [9.17, 15) is 4.79 Å². The van der Waals surface area contributed by atoms with Crippen molar-refractivity contribution < 1.29 is 9.53 Å². The third kappa shape index (κ3) is 3.19. The average molecular weight is 280 g/mol. The standard InChI is InChI=1S/C14H24N4O2/c1-3-11(12-16-8-9-17-12)18-13(19)14(10-20-2)4-6-15-7-5-14/h8-9,11,15H,3-7,10H2,1-2H3,(H,16,17)(H,18,19). The van der Waals surface area contributed by atoms with E-state index in [4.69, 9.17) is 4.74 Å². The van der Waals surface area contributed by atoms with E-state index in [-0.39, 0.29) is 11.9 Å². The number of nitrogens with one attached hydrogen (secondary N) is 3. The van der Waals surface area contributed by atoms with Gasteiger partial charge in [0, 0.05) is 19.5 Å². The Morgan fingerprint density at radius 3 is 2.85 bits per heavy atom. The number of amides is 1. The summed E-state index contributed by atoms with van der Waals surface area (Å²) in [4.78, 5) is 20.0. The molecular formula is C14H24N4O2. The Balaban J connectivity index is 2.07. The van der Waals surface area contributed by atoms with Crippen LogP contribution in [0.25, 0.3) is 0 Å². The van der Waals surface area contributed by atoms with Crippen molar-refractivity contribution in [3.05, 3.63) is 18.2 Å². The highest BCUT2D eigenvalue weighted by molar-refractivity contribution is 5.83. The lowest BCUT2D eigenvalue weighted by Crippen LogP contribution is -2.50. The van der Waals surface area contributed by atoms with Gasteiger partial charge in [0.05, 0.1) is 18.1 Å². The van der Waals surface area contributed by atoms with Gasteiger partial charge in [0.25, 0.3) is 0 Å². The molecule has 3 N–H and O–H groups in total. The SMILES string of the molecule is CCC(NC(=O)C1(COC)CCNCC1)c1ncc[nH]1. The second kappa shape index (κ2) is 6.85. The number of hydrogen-bond acceptors (Lipinski definition) is 4. The van der Waals surface area contributed by atoms with Crippen LogP contribution in [0.5, 0.6) is 0 Å². The Morgan fingerprint density at radius 1 is 1.55 bits per heavy atom. The molecule has 1 unspecified atom stereocenters. The molecule has 1 amide bonds. The van der Waals surface area contributed by atoms with Crippen molar-refractivity contribution in [3.63, 3.8) is 0 Å². The molecule has 1 aromatic heterocycles. The van der Waals surface area contributed by atoms with E-state index in [1.807, 2.05) is 6.92 Å². The minimum Gasteiger partial charge on any atom is -0.384 e. The van der Waals surface area contributed by atoms with Crippen molar-refractivity contribution in [2.75, 3.05) is 26.8 Å². The number of H-pyrrole nitrogens is 1. The first kappa shape index (κ1) is 15.0. The molecule has 0 spiro atoms. The lowest BCUT2D eigenvalue weighted by Gasteiger charge is -2.36. The van der Waals surface area contributed by atoms with Gasteiger partial charge in [0.2, 0.25) is 5.91 Å². The zero-order valence-corrected chi connectivity index (χ0v) is 12.2. The third-order valence-corrected chi connectivity index (χ3v) is 4.03. The molecule has 0 saturated carbocycles. The van der Waals surface area contributed by atoms with E-state index in [0.29, 0.717) is 6.61 Å². The van der Waals surface area contributed by atoms with Crippen LogP contribution in [0.2, 0.25) is 0 Å². The highest BCUT2D eigenvalue weighted by Gasteiger charge is 2.40. The first-order chi connectivity index (χ1) is 9.72. The molecule has 1 fully saturated rings. The van der Waals surface area contributed by atoms with Gasteiger partial charge in [0.15, 0.2) is 0 Å². The molecule has 0 aromatic carbocycles. The Bertz CT molecular complexity index is 407. The van der Waals surface area contributed by atoms with Gasteiger partial charge in [-0.3, -0.25) is 4.79 Å². The van der Waals surface area contributed by atoms with Crippen molar-refractivity contribution in [1.82, 2.24) is 20.6 Å². The van der Waals surface area contributed by atoms with Gasteiger partial charge >= 0.3 is 0 Å². The number of carbonyl (C=O) groups is 1.